The lowest BCUT2D eigenvalue weighted by Gasteiger charge is -2.35. The van der Waals surface area contributed by atoms with Gasteiger partial charge in [0.1, 0.15) is 0 Å². The second kappa shape index (κ2) is 10.7. The predicted octanol–water partition coefficient (Wildman–Crippen LogP) is 9.63. The lowest BCUT2D eigenvalue weighted by atomic mass is 10.0. The van der Waals surface area contributed by atoms with Crippen molar-refractivity contribution in [1.82, 2.24) is 0 Å². The maximum absolute atomic E-state index is 2.42. The van der Waals surface area contributed by atoms with Crippen molar-refractivity contribution in [1.29, 1.82) is 0 Å². The minimum atomic E-state index is 0.722. The molecule has 5 aromatic rings. The summed E-state index contributed by atoms with van der Waals surface area (Å²) in [5.74, 6) is 0. The highest BCUT2D eigenvalue weighted by molar-refractivity contribution is 5.83. The average molecular weight is 491 g/mol. The third kappa shape index (κ3) is 4.77. The van der Waals surface area contributed by atoms with Crippen molar-refractivity contribution in [3.63, 3.8) is 0 Å². The number of para-hydroxylation sites is 3. The third-order valence-corrected chi connectivity index (χ3v) is 7.07. The highest BCUT2D eigenvalue weighted by Crippen LogP contribution is 2.38. The smallest absolute Gasteiger partial charge is 0.0638 e. The van der Waals surface area contributed by atoms with E-state index in [1.807, 2.05) is 0 Å². The average Bonchev–Trinajstić information content (AvgIpc) is 2.99. The summed E-state index contributed by atoms with van der Waals surface area (Å²) in [6.45, 7) is 2.92. The first kappa shape index (κ1) is 23.6. The van der Waals surface area contributed by atoms with Crippen molar-refractivity contribution < 1.29 is 0 Å². The number of hydrogen-bond acceptors (Lipinski definition) is 2. The van der Waals surface area contributed by atoms with Gasteiger partial charge in [0, 0.05) is 34.0 Å². The zero-order chi connectivity index (χ0) is 25.7. The molecule has 0 fully saturated rings. The van der Waals surface area contributed by atoms with E-state index in [1.54, 1.807) is 0 Å². The molecular weight excluding hydrogens is 460 g/mol. The number of fused-ring (bicyclic) bond motifs is 1. The predicted molar refractivity (Wildman–Crippen MR) is 162 cm³/mol. The van der Waals surface area contributed by atoms with E-state index >= 15 is 0 Å². The molecule has 184 valence electrons. The Morgan fingerprint density at radius 2 is 1.08 bits per heavy atom. The van der Waals surface area contributed by atoms with Crippen LogP contribution in [0.3, 0.4) is 0 Å². The van der Waals surface area contributed by atoms with Crippen LogP contribution in [0.5, 0.6) is 0 Å². The van der Waals surface area contributed by atoms with Crippen LogP contribution in [-0.2, 0) is 0 Å². The van der Waals surface area contributed by atoms with E-state index in [4.69, 9.17) is 0 Å². The van der Waals surface area contributed by atoms with Crippen molar-refractivity contribution in [2.24, 2.45) is 0 Å². The number of rotatable bonds is 5. The van der Waals surface area contributed by atoms with Gasteiger partial charge < -0.3 is 9.80 Å². The Morgan fingerprint density at radius 3 is 1.79 bits per heavy atom. The van der Waals surface area contributed by atoms with Crippen LogP contribution in [0, 0.1) is 0 Å². The minimum Gasteiger partial charge on any atom is -0.335 e. The fourth-order valence-electron chi connectivity index (χ4n) is 5.13. The van der Waals surface area contributed by atoms with Gasteiger partial charge in [-0.25, -0.2) is 0 Å². The molecule has 6 rings (SSSR count). The minimum absolute atomic E-state index is 0.722. The number of allylic oxidation sites excluding steroid dienone is 3. The molecule has 2 heteroatoms. The number of nitrogens with zero attached hydrogens (tertiary/aromatic N) is 2. The van der Waals surface area contributed by atoms with E-state index in [0.29, 0.717) is 0 Å². The van der Waals surface area contributed by atoms with Crippen LogP contribution < -0.4 is 9.80 Å². The molecule has 1 aliphatic heterocycles. The van der Waals surface area contributed by atoms with Crippen LogP contribution >= 0.6 is 0 Å². The fraction of sp³-hybridized carbons (Fsp3) is 0.0556. The van der Waals surface area contributed by atoms with Gasteiger partial charge in [-0.1, -0.05) is 103 Å². The van der Waals surface area contributed by atoms with Gasteiger partial charge in [0.05, 0.1) is 6.54 Å². The van der Waals surface area contributed by atoms with E-state index in [0.717, 1.165) is 17.9 Å². The quantitative estimate of drug-likeness (QED) is 0.242. The van der Waals surface area contributed by atoms with Gasteiger partial charge in [0.15, 0.2) is 0 Å². The van der Waals surface area contributed by atoms with E-state index in [1.165, 1.54) is 39.3 Å². The Bertz CT molecular complexity index is 1570. The normalized spacial score (nSPS) is 15.8. The Morgan fingerprint density at radius 1 is 0.526 bits per heavy atom. The zero-order valence-corrected chi connectivity index (χ0v) is 21.5. The van der Waals surface area contributed by atoms with Gasteiger partial charge in [-0.2, -0.15) is 0 Å². The van der Waals surface area contributed by atoms with E-state index in [2.05, 4.69) is 168 Å². The Labute approximate surface area is 225 Å². The van der Waals surface area contributed by atoms with E-state index in [9.17, 15) is 0 Å². The van der Waals surface area contributed by atoms with Crippen molar-refractivity contribution >= 4 is 28.3 Å². The van der Waals surface area contributed by atoms with Gasteiger partial charge in [0.25, 0.3) is 0 Å². The molecule has 0 radical (unpaired) electrons. The Balaban J connectivity index is 1.48. The van der Waals surface area contributed by atoms with Crippen LogP contribution in [-0.4, -0.2) is 6.54 Å². The molecule has 2 nitrogen and oxygen atoms in total. The summed E-state index contributed by atoms with van der Waals surface area (Å²) in [7, 11) is 0. The first-order valence-electron chi connectivity index (χ1n) is 13.1. The molecule has 1 aliphatic rings. The van der Waals surface area contributed by atoms with Crippen molar-refractivity contribution in [2.45, 2.75) is 6.92 Å². The monoisotopic (exact) mass is 490 g/mol. The molecule has 0 N–H and O–H groups in total. The zero-order valence-electron chi connectivity index (χ0n) is 21.5. The van der Waals surface area contributed by atoms with Crippen LogP contribution in [0.4, 0.5) is 22.7 Å². The second-order valence-electron chi connectivity index (χ2n) is 9.53. The molecule has 0 saturated heterocycles. The number of hydrogen-bond donors (Lipinski definition) is 0. The maximum atomic E-state index is 2.42. The van der Waals surface area contributed by atoms with Crippen molar-refractivity contribution in [2.75, 3.05) is 16.3 Å². The first-order valence-corrected chi connectivity index (χ1v) is 13.1. The summed E-state index contributed by atoms with van der Waals surface area (Å²) in [5.41, 5.74) is 10.8. The molecular formula is C36H30N2. The number of benzene rings is 5. The molecule has 0 atom stereocenters. The molecule has 0 aliphatic carbocycles. The Hall–Kier alpha value is -4.82. The highest BCUT2D eigenvalue weighted by Gasteiger charge is 2.22. The lowest BCUT2D eigenvalue weighted by Crippen LogP contribution is -2.29. The highest BCUT2D eigenvalue weighted by atomic mass is 15.2. The van der Waals surface area contributed by atoms with Crippen LogP contribution in [0.15, 0.2) is 157 Å². The summed E-state index contributed by atoms with van der Waals surface area (Å²) in [6, 6.07) is 49.5. The van der Waals surface area contributed by atoms with Gasteiger partial charge >= 0.3 is 0 Å². The molecule has 0 bridgehead atoms. The van der Waals surface area contributed by atoms with Gasteiger partial charge in [-0.05, 0) is 72.2 Å². The van der Waals surface area contributed by atoms with Crippen LogP contribution in [0.1, 0.15) is 12.5 Å². The SMILES string of the molecule is C/C1=C\C=C(\N(c2ccccc2)c2ccc(-c3ccccc3)cc2)CN(c2ccccc2)c2ccccc21. The largest absolute Gasteiger partial charge is 0.335 e. The number of anilines is 4. The van der Waals surface area contributed by atoms with Gasteiger partial charge in [-0.3, -0.25) is 0 Å². The summed E-state index contributed by atoms with van der Waals surface area (Å²) in [6.07, 6.45) is 4.53. The van der Waals surface area contributed by atoms with Crippen LogP contribution in [0.2, 0.25) is 0 Å². The molecule has 0 unspecified atom stereocenters. The molecule has 5 aromatic carbocycles. The topological polar surface area (TPSA) is 6.48 Å². The molecule has 0 amide bonds. The van der Waals surface area contributed by atoms with Gasteiger partial charge in [0.2, 0.25) is 0 Å². The third-order valence-electron chi connectivity index (χ3n) is 7.07. The van der Waals surface area contributed by atoms with Crippen molar-refractivity contribution in [3.05, 3.63) is 163 Å². The molecule has 1 heterocycles. The molecule has 38 heavy (non-hydrogen) atoms. The van der Waals surface area contributed by atoms with Crippen molar-refractivity contribution in [3.8, 4) is 11.1 Å². The van der Waals surface area contributed by atoms with Crippen LogP contribution in [0.25, 0.3) is 16.7 Å². The maximum Gasteiger partial charge on any atom is 0.0638 e. The summed E-state index contributed by atoms with van der Waals surface area (Å²) < 4.78 is 0. The second-order valence-corrected chi connectivity index (χ2v) is 9.53. The fourth-order valence-corrected chi connectivity index (χ4v) is 5.13. The molecule has 0 aromatic heterocycles. The standard InChI is InChI=1S/C36H30N2/c1-28-21-24-34(27-37(31-15-7-3-8-16-31)36-20-12-11-19-35(28)36)38(32-17-9-4-10-18-32)33-25-22-30(23-26-33)29-13-5-2-6-14-29/h2-26H,27H2,1H3/b28-21+,34-24+. The summed E-state index contributed by atoms with van der Waals surface area (Å²) in [5, 5.41) is 0. The summed E-state index contributed by atoms with van der Waals surface area (Å²) in [4.78, 5) is 4.80. The van der Waals surface area contributed by atoms with Gasteiger partial charge in [-0.15, -0.1) is 0 Å². The first-order chi connectivity index (χ1) is 18.8. The Kier molecular flexibility index (Phi) is 6.61. The lowest BCUT2D eigenvalue weighted by molar-refractivity contribution is 0.982. The van der Waals surface area contributed by atoms with E-state index in [-0.39, 0.29) is 0 Å². The molecule has 0 spiro atoms. The summed E-state index contributed by atoms with van der Waals surface area (Å²) >= 11 is 0. The molecule has 0 saturated carbocycles. The van der Waals surface area contributed by atoms with E-state index < -0.39 is 0 Å².